The smallest absolute Gasteiger partial charge is 0.293 e. The highest BCUT2D eigenvalue weighted by Crippen LogP contribution is 2.30. The number of carbonyl (C=O) groups excluding carboxylic acids is 2. The number of nitrogens with one attached hydrogen (secondary N) is 1. The van der Waals surface area contributed by atoms with Crippen molar-refractivity contribution in [3.05, 3.63) is 58.1 Å². The monoisotopic (exact) mass is 442 g/mol. The minimum Gasteiger partial charge on any atom is -0.497 e. The Kier molecular flexibility index (Phi) is 7.48. The van der Waals surface area contributed by atoms with Crippen LogP contribution >= 0.6 is 0 Å². The number of carbonyl (C=O) groups is 2. The molecule has 0 bridgehead atoms. The van der Waals surface area contributed by atoms with Crippen molar-refractivity contribution >= 4 is 23.2 Å². The lowest BCUT2D eigenvalue weighted by atomic mass is 10.1. The average molecular weight is 442 g/mol. The van der Waals surface area contributed by atoms with Crippen molar-refractivity contribution in [3.63, 3.8) is 0 Å². The van der Waals surface area contributed by atoms with Crippen LogP contribution in [0.5, 0.6) is 11.5 Å². The van der Waals surface area contributed by atoms with Gasteiger partial charge >= 0.3 is 0 Å². The molecule has 1 fully saturated rings. The SMILES string of the molecule is COc1cccc(OCCNC(=O)c2ccc(N3CCN(C(C)=O)CC3)c([N+](=O)[O-])c2)c1. The van der Waals surface area contributed by atoms with Crippen LogP contribution in [0.4, 0.5) is 11.4 Å². The fourth-order valence-electron chi connectivity index (χ4n) is 3.47. The van der Waals surface area contributed by atoms with Gasteiger partial charge in [-0.3, -0.25) is 19.7 Å². The molecular formula is C22H26N4O6. The number of rotatable bonds is 8. The fraction of sp³-hybridized carbons (Fsp3) is 0.364. The zero-order chi connectivity index (χ0) is 23.1. The average Bonchev–Trinajstić information content (AvgIpc) is 2.81. The Labute approximate surface area is 185 Å². The summed E-state index contributed by atoms with van der Waals surface area (Å²) in [6.45, 7) is 3.97. The van der Waals surface area contributed by atoms with Crippen molar-refractivity contribution in [3.8, 4) is 11.5 Å². The van der Waals surface area contributed by atoms with Crippen LogP contribution in [0.25, 0.3) is 0 Å². The maximum Gasteiger partial charge on any atom is 0.293 e. The molecule has 1 saturated heterocycles. The molecule has 2 amide bonds. The second-order valence-electron chi connectivity index (χ2n) is 7.24. The van der Waals surface area contributed by atoms with Crippen LogP contribution in [0.15, 0.2) is 42.5 Å². The van der Waals surface area contributed by atoms with Crippen molar-refractivity contribution in [2.45, 2.75) is 6.92 Å². The molecule has 2 aromatic rings. The number of nitro benzene ring substituents is 1. The first-order valence-corrected chi connectivity index (χ1v) is 10.2. The Morgan fingerprint density at radius 1 is 1.09 bits per heavy atom. The Morgan fingerprint density at radius 2 is 1.81 bits per heavy atom. The molecule has 0 saturated carbocycles. The summed E-state index contributed by atoms with van der Waals surface area (Å²) in [4.78, 5) is 38.7. The molecule has 0 spiro atoms. The van der Waals surface area contributed by atoms with Crippen molar-refractivity contribution < 1.29 is 24.0 Å². The molecule has 1 N–H and O–H groups in total. The van der Waals surface area contributed by atoms with Crippen molar-refractivity contribution in [2.24, 2.45) is 0 Å². The first-order valence-electron chi connectivity index (χ1n) is 10.2. The van der Waals surface area contributed by atoms with E-state index >= 15 is 0 Å². The quantitative estimate of drug-likeness (QED) is 0.378. The zero-order valence-corrected chi connectivity index (χ0v) is 18.1. The predicted octanol–water partition coefficient (Wildman–Crippen LogP) is 2.08. The van der Waals surface area contributed by atoms with Crippen LogP contribution in [-0.2, 0) is 4.79 Å². The van der Waals surface area contributed by atoms with Crippen LogP contribution in [0.1, 0.15) is 17.3 Å². The number of amides is 2. The molecule has 0 radical (unpaired) electrons. The second-order valence-corrected chi connectivity index (χ2v) is 7.24. The van der Waals surface area contributed by atoms with Crippen molar-refractivity contribution in [1.29, 1.82) is 0 Å². The van der Waals surface area contributed by atoms with Gasteiger partial charge in [-0.05, 0) is 24.3 Å². The summed E-state index contributed by atoms with van der Waals surface area (Å²) < 4.78 is 10.7. The van der Waals surface area contributed by atoms with E-state index in [-0.39, 0.29) is 30.3 Å². The molecule has 2 aromatic carbocycles. The lowest BCUT2D eigenvalue weighted by molar-refractivity contribution is -0.384. The first-order chi connectivity index (χ1) is 15.4. The number of piperazine rings is 1. The molecule has 1 aliphatic rings. The van der Waals surface area contributed by atoms with Crippen LogP contribution in [0, 0.1) is 10.1 Å². The van der Waals surface area contributed by atoms with E-state index in [4.69, 9.17) is 9.47 Å². The Hall–Kier alpha value is -3.82. The standard InChI is InChI=1S/C22H26N4O6/c1-16(27)24-9-11-25(12-10-24)20-7-6-17(14-21(20)26(29)30)22(28)23-8-13-32-19-5-3-4-18(15-19)31-2/h3-7,14-15H,8-13H2,1-2H3,(H,23,28). The molecular weight excluding hydrogens is 416 g/mol. The predicted molar refractivity (Wildman–Crippen MR) is 118 cm³/mol. The lowest BCUT2D eigenvalue weighted by Crippen LogP contribution is -2.48. The van der Waals surface area contributed by atoms with Crippen LogP contribution in [-0.4, -0.2) is 68.1 Å². The van der Waals surface area contributed by atoms with E-state index in [0.717, 1.165) is 0 Å². The van der Waals surface area contributed by atoms with Gasteiger partial charge in [-0.15, -0.1) is 0 Å². The Bertz CT molecular complexity index is 988. The van der Waals surface area contributed by atoms with Gasteiger partial charge in [0.1, 0.15) is 23.8 Å². The number of ether oxygens (including phenoxy) is 2. The van der Waals surface area contributed by atoms with E-state index in [1.54, 1.807) is 48.4 Å². The second kappa shape index (κ2) is 10.5. The number of methoxy groups -OCH3 is 1. The van der Waals surface area contributed by atoms with Gasteiger partial charge in [-0.25, -0.2) is 0 Å². The largest absolute Gasteiger partial charge is 0.497 e. The number of nitro groups is 1. The highest BCUT2D eigenvalue weighted by atomic mass is 16.6. The molecule has 1 aliphatic heterocycles. The summed E-state index contributed by atoms with van der Waals surface area (Å²) in [7, 11) is 1.57. The van der Waals surface area contributed by atoms with Gasteiger partial charge in [0.15, 0.2) is 0 Å². The van der Waals surface area contributed by atoms with E-state index in [1.807, 2.05) is 4.90 Å². The van der Waals surface area contributed by atoms with Crippen LogP contribution < -0.4 is 19.7 Å². The molecule has 0 aliphatic carbocycles. The summed E-state index contributed by atoms with van der Waals surface area (Å²) in [6.07, 6.45) is 0. The van der Waals surface area contributed by atoms with Crippen LogP contribution in [0.3, 0.4) is 0 Å². The maximum atomic E-state index is 12.5. The lowest BCUT2D eigenvalue weighted by Gasteiger charge is -2.35. The normalized spacial score (nSPS) is 13.4. The molecule has 3 rings (SSSR count). The molecule has 10 nitrogen and oxygen atoms in total. The van der Waals surface area contributed by atoms with Gasteiger partial charge in [-0.2, -0.15) is 0 Å². The fourth-order valence-corrected chi connectivity index (χ4v) is 3.47. The third kappa shape index (κ3) is 5.65. The van der Waals surface area contributed by atoms with Gasteiger partial charge in [0, 0.05) is 50.8 Å². The minimum atomic E-state index is -0.491. The van der Waals surface area contributed by atoms with E-state index in [1.165, 1.54) is 13.0 Å². The highest BCUT2D eigenvalue weighted by Gasteiger charge is 2.25. The maximum absolute atomic E-state index is 12.5. The summed E-state index contributed by atoms with van der Waals surface area (Å²) in [6, 6.07) is 11.6. The summed E-state index contributed by atoms with van der Waals surface area (Å²) >= 11 is 0. The first kappa shape index (κ1) is 22.9. The molecule has 0 aromatic heterocycles. The number of nitrogens with zero attached hydrogens (tertiary/aromatic N) is 3. The van der Waals surface area contributed by atoms with Crippen LogP contribution in [0.2, 0.25) is 0 Å². The van der Waals surface area contributed by atoms with Gasteiger partial charge in [0.25, 0.3) is 11.6 Å². The number of hydrogen-bond donors (Lipinski definition) is 1. The number of benzene rings is 2. The van der Waals surface area contributed by atoms with Gasteiger partial charge in [-0.1, -0.05) is 6.07 Å². The zero-order valence-electron chi connectivity index (χ0n) is 18.1. The molecule has 32 heavy (non-hydrogen) atoms. The third-order valence-electron chi connectivity index (χ3n) is 5.20. The van der Waals surface area contributed by atoms with Crippen molar-refractivity contribution in [1.82, 2.24) is 10.2 Å². The molecule has 1 heterocycles. The van der Waals surface area contributed by atoms with Crippen molar-refractivity contribution in [2.75, 3.05) is 51.3 Å². The molecule has 0 unspecified atom stereocenters. The van der Waals surface area contributed by atoms with Gasteiger partial charge < -0.3 is 24.6 Å². The number of anilines is 1. The van der Waals surface area contributed by atoms with E-state index < -0.39 is 10.8 Å². The van der Waals surface area contributed by atoms with E-state index in [9.17, 15) is 19.7 Å². The number of hydrogen-bond acceptors (Lipinski definition) is 7. The molecule has 0 atom stereocenters. The third-order valence-corrected chi connectivity index (χ3v) is 5.20. The topological polar surface area (TPSA) is 114 Å². The highest BCUT2D eigenvalue weighted by molar-refractivity contribution is 5.95. The Morgan fingerprint density at radius 3 is 2.47 bits per heavy atom. The summed E-state index contributed by atoms with van der Waals surface area (Å²) in [5.41, 5.74) is 0.502. The summed E-state index contributed by atoms with van der Waals surface area (Å²) in [5.74, 6) is 0.849. The van der Waals surface area contributed by atoms with Gasteiger partial charge in [0.05, 0.1) is 18.6 Å². The summed E-state index contributed by atoms with van der Waals surface area (Å²) in [5, 5.41) is 14.3. The molecule has 170 valence electrons. The van der Waals surface area contributed by atoms with E-state index in [2.05, 4.69) is 5.32 Å². The minimum absolute atomic E-state index is 0.0125. The molecule has 10 heteroatoms. The van der Waals surface area contributed by atoms with E-state index in [0.29, 0.717) is 43.4 Å². The van der Waals surface area contributed by atoms with Gasteiger partial charge in [0.2, 0.25) is 5.91 Å². The Balaban J connectivity index is 1.59.